The summed E-state index contributed by atoms with van der Waals surface area (Å²) in [6, 6.07) is 0. The van der Waals surface area contributed by atoms with E-state index in [0.717, 1.165) is 68.1 Å². The molecule has 1 aromatic rings. The van der Waals surface area contributed by atoms with E-state index >= 15 is 0 Å². The van der Waals surface area contributed by atoms with Gasteiger partial charge in [-0.05, 0) is 226 Å². The van der Waals surface area contributed by atoms with Crippen LogP contribution in [-0.4, -0.2) is 278 Å². The molecular formula is C82H82B36CuO4. The average molecular weight is 1580 g/mol. The molecule has 1 N–H and O–H groups in total. The first kappa shape index (κ1) is 126. The molecule has 4 atom stereocenters. The Morgan fingerprint density at radius 2 is 0.691 bits per heavy atom. The summed E-state index contributed by atoms with van der Waals surface area (Å²) in [6.45, 7) is 39.2. The van der Waals surface area contributed by atoms with E-state index in [-0.39, 0.29) is 75.9 Å². The number of hydrogen-bond acceptors (Lipinski definition) is 4. The first-order valence-electron chi connectivity index (χ1n) is 38.0. The summed E-state index contributed by atoms with van der Waals surface area (Å²) in [7, 11) is 117. The number of Topliss-reactive ketones (excluding diaryl/α,β-unsaturated/α-hetero) is 1. The number of hydrogen-bond donors (Lipinski definition) is 1. The van der Waals surface area contributed by atoms with Gasteiger partial charge in [0.25, 0.3) is 0 Å². The van der Waals surface area contributed by atoms with Crippen LogP contribution < -0.4 is 0 Å². The molecule has 4 aliphatic carbocycles. The predicted octanol–water partition coefficient (Wildman–Crippen LogP) is 5.37. The van der Waals surface area contributed by atoms with E-state index in [4.69, 9.17) is 151 Å². The van der Waals surface area contributed by atoms with E-state index in [1.165, 1.54) is 40.9 Å². The van der Waals surface area contributed by atoms with Gasteiger partial charge in [-0.25, -0.2) is 0 Å². The number of allylic oxidation sites excluding steroid dienone is 5. The van der Waals surface area contributed by atoms with Crippen LogP contribution >= 0.6 is 0 Å². The van der Waals surface area contributed by atoms with Gasteiger partial charge < -0.3 is 24.4 Å². The van der Waals surface area contributed by atoms with Crippen LogP contribution in [-0.2, 0) is 39.5 Å². The van der Waals surface area contributed by atoms with Crippen LogP contribution in [0.3, 0.4) is 0 Å². The molecule has 0 amide bonds. The number of aryl methyl sites for hydroxylation is 1. The van der Waals surface area contributed by atoms with Crippen molar-refractivity contribution in [1.29, 1.82) is 0 Å². The van der Waals surface area contributed by atoms with Crippen molar-refractivity contribution in [1.82, 2.24) is 0 Å². The standard InChI is InChI=1S/C36H4.C11H16O.C11H18O.C10H16O.C10H14O.2CH4.2CH3.B36.Cu/c1-3-5-7-9-11-13-15-17-19-21-23-25-27-29-31-33-35-36-34-32-30-28-26-24-22-20-18-16-14-12-10-8-6-4-2;1-8-7-12-10-6-11(2,3)5-4-9(8)10;1-8(2)9-5-6-11(3,4)7-10(9)12;2*1-7(2)9-5-4-8(3)6-10(9)11;;;;;1-20(2)29(19)34(30(21(3)4)22(5)6)36(33(27(15)16)28(17)18)35(31(23(7)8)24(9)10)32(25(11)12)26(13)14;/h1-2H2;7H,4-6H2,1-3H3;9H,1,5-7H2,2-4H3;6,9-11H,1,4-5H2,2-3H3;6,9H,1,4-5H2,2-3H3;2*1H4;2*1H3;;/q;;;;;;;2*-1;;+2. The van der Waals surface area contributed by atoms with Gasteiger partial charge in [0, 0.05) is 378 Å². The molecule has 4 nitrogen and oxygen atoms in total. The van der Waals surface area contributed by atoms with Gasteiger partial charge in [0.15, 0.2) is 5.78 Å². The molecule has 4 aliphatic rings. The van der Waals surface area contributed by atoms with Crippen molar-refractivity contribution in [3.8, 4) is 0 Å². The van der Waals surface area contributed by atoms with Crippen LogP contribution in [0.4, 0.5) is 0 Å². The van der Waals surface area contributed by atoms with Gasteiger partial charge in [-0.3, -0.25) is 9.59 Å². The zero-order valence-corrected chi connectivity index (χ0v) is 73.3. The average Bonchev–Trinajstić information content (AvgIpc) is 1.42. The van der Waals surface area contributed by atoms with Crippen LogP contribution in [0.2, 0.25) is 0 Å². The Hall–Kier alpha value is -7.60. The number of carbonyl (C=O) groups excluding carboxylic acids is 2. The third-order valence-electron chi connectivity index (χ3n) is 19.4. The smallest absolute Gasteiger partial charge is 0.469 e. The van der Waals surface area contributed by atoms with Crippen molar-refractivity contribution in [3.05, 3.63) is 306 Å². The van der Waals surface area contributed by atoms with Crippen molar-refractivity contribution < 1.29 is 36.2 Å². The molecule has 41 heteroatoms. The summed E-state index contributed by atoms with van der Waals surface area (Å²) >= 11 is 0. The van der Waals surface area contributed by atoms with Gasteiger partial charge >= 0.3 is 17.1 Å². The number of furan rings is 1. The molecule has 39 radical (unpaired) electrons. The molecule has 0 aliphatic heterocycles. The Morgan fingerprint density at radius 1 is 0.398 bits per heavy atom. The first-order valence-corrected chi connectivity index (χ1v) is 38.0. The molecule has 0 bridgehead atoms. The number of rotatable bonds is 19. The molecule has 4 unspecified atom stereocenters. The Morgan fingerprint density at radius 3 is 0.959 bits per heavy atom. The molecule has 5 rings (SSSR count). The molecule has 123 heavy (non-hydrogen) atoms. The van der Waals surface area contributed by atoms with Crippen LogP contribution in [0.15, 0.2) is 278 Å². The monoisotopic (exact) mass is 1590 g/mol. The topological polar surface area (TPSA) is 67.5 Å². The summed E-state index contributed by atoms with van der Waals surface area (Å²) in [4.78, 5) is 22.9. The zero-order valence-electron chi connectivity index (χ0n) is 72.4. The number of aliphatic hydroxyl groups is 1. The third-order valence-corrected chi connectivity index (χ3v) is 19.4. The fourth-order valence-corrected chi connectivity index (χ4v) is 13.6. The van der Waals surface area contributed by atoms with Crippen molar-refractivity contribution in [3.63, 3.8) is 0 Å². The summed E-state index contributed by atoms with van der Waals surface area (Å²) in [5.74, 6) is 2.39. The Labute approximate surface area is 785 Å². The van der Waals surface area contributed by atoms with Crippen molar-refractivity contribution in [2.24, 2.45) is 28.6 Å². The summed E-state index contributed by atoms with van der Waals surface area (Å²) in [5.41, 5.74) is 93.5. The Balaban J connectivity index is -0.000000359. The Bertz CT molecular complexity index is 4980. The molecule has 0 spiro atoms. The van der Waals surface area contributed by atoms with Gasteiger partial charge in [0.05, 0.1) is 12.4 Å². The number of fused-ring (bicyclic) bond motifs is 1. The minimum Gasteiger partial charge on any atom is -0.469 e. The van der Waals surface area contributed by atoms with Gasteiger partial charge in [0.1, 0.15) is 11.5 Å². The molecule has 1 aromatic heterocycles. The van der Waals surface area contributed by atoms with Gasteiger partial charge in [0.2, 0.25) is 0 Å². The molecule has 0 saturated heterocycles. The minimum atomic E-state index is -1.17. The molecule has 553 valence electrons. The second-order valence-electron chi connectivity index (χ2n) is 30.4. The largest absolute Gasteiger partial charge is 2.00 e. The predicted molar refractivity (Wildman–Crippen MR) is 558 cm³/mol. The van der Waals surface area contributed by atoms with Gasteiger partial charge in [-0.15, -0.1) is 0 Å². The van der Waals surface area contributed by atoms with Crippen LogP contribution in [0, 0.1) is 50.4 Å². The molecule has 0 aromatic carbocycles. The molecule has 1 fully saturated rings. The van der Waals surface area contributed by atoms with Gasteiger partial charge in [-0.1, -0.05) is 108 Å². The van der Waals surface area contributed by atoms with Crippen molar-refractivity contribution in [2.75, 3.05) is 0 Å². The zero-order chi connectivity index (χ0) is 89.8. The van der Waals surface area contributed by atoms with E-state index in [1.54, 1.807) is 6.08 Å². The Kier molecular flexibility index (Phi) is 71.4. The summed E-state index contributed by atoms with van der Waals surface area (Å²) in [5, 5.41) is 9.57. The summed E-state index contributed by atoms with van der Waals surface area (Å²) in [6.07, 6.45) is -2.38. The van der Waals surface area contributed by atoms with Crippen molar-refractivity contribution in [2.45, 2.75) is 154 Å². The number of carbonyl (C=O) groups is 2. The van der Waals surface area contributed by atoms with E-state index in [1.807, 2.05) is 40.0 Å². The maximum absolute atomic E-state index is 11.6. The fourth-order valence-electron chi connectivity index (χ4n) is 13.6. The quantitative estimate of drug-likeness (QED) is 0.0878. The van der Waals surface area contributed by atoms with E-state index in [9.17, 15) is 14.7 Å². The van der Waals surface area contributed by atoms with E-state index < -0.39 is 109 Å². The van der Waals surface area contributed by atoms with Crippen molar-refractivity contribution >= 4 is 267 Å². The van der Waals surface area contributed by atoms with E-state index in [0.29, 0.717) is 17.1 Å². The van der Waals surface area contributed by atoms with Crippen LogP contribution in [0.1, 0.15) is 145 Å². The van der Waals surface area contributed by atoms with Gasteiger partial charge in [-0.2, -0.15) is 0 Å². The number of ketones is 2. The molecule has 1 heterocycles. The molecular weight excluding hydrogens is 1500 g/mol. The second-order valence-corrected chi connectivity index (χ2v) is 30.4. The van der Waals surface area contributed by atoms with E-state index in [2.05, 4.69) is 269 Å². The summed E-state index contributed by atoms with van der Waals surface area (Å²) < 4.78 is 5.52. The van der Waals surface area contributed by atoms with Crippen LogP contribution in [0.25, 0.3) is 0 Å². The second kappa shape index (κ2) is 69.6. The third kappa shape index (κ3) is 52.2. The number of aliphatic hydroxyl groups excluding tert-OH is 1. The maximum Gasteiger partial charge on any atom is 2.00 e. The first-order chi connectivity index (χ1) is 55.4. The minimum absolute atomic E-state index is 0. The molecule has 1 saturated carbocycles. The fraction of sp³-hybridized carbons (Fsp3) is 0.341. The SMILES string of the molecule is C.C.C=C(C)C1CCC(C)(C)CC1=O.C=C(C)C1CCC(C)=CC1=O.C=C(C)C1CCC(C)=CC1O.C=C=C=C=C=C=C=C=C=C=C=C=C=C=C=C=C=C=C=C=C=C=C=C=C=C=C=C=C=C=C=C=C=C=C=C.Cc1coc2c1CCC(C)(C)C2.[B]B([B])B([B])B(B(B([B])[B])B([B])[B])B(B(B([B])[B])B([B])[B])B(B(B([B])[B])B([B])[B])B(B([B])[B])B([B])[B].[CH3-].[CH3-].[Cu+2]. The maximum atomic E-state index is 11.6. The van der Waals surface area contributed by atoms with Crippen LogP contribution in [0.5, 0.6) is 0 Å². The normalized spacial score (nSPS) is 13.7.